The summed E-state index contributed by atoms with van der Waals surface area (Å²) in [5.74, 6) is -0.348. The Bertz CT molecular complexity index is 967. The molecule has 3 aromatic rings. The summed E-state index contributed by atoms with van der Waals surface area (Å²) in [5, 5.41) is 3.71. The lowest BCUT2D eigenvalue weighted by molar-refractivity contribution is 0.0953. The molecule has 1 N–H and O–H groups in total. The second-order valence-corrected chi connectivity index (χ2v) is 8.92. The van der Waals surface area contributed by atoms with E-state index in [1.165, 1.54) is 17.5 Å². The van der Waals surface area contributed by atoms with Crippen LogP contribution in [0.5, 0.6) is 0 Å². The van der Waals surface area contributed by atoms with Crippen molar-refractivity contribution in [2.75, 3.05) is 6.54 Å². The fraction of sp³-hybridized carbons (Fsp3) is 0.158. The van der Waals surface area contributed by atoms with Crippen LogP contribution < -0.4 is 5.32 Å². The summed E-state index contributed by atoms with van der Waals surface area (Å²) >= 11 is 1.36. The van der Waals surface area contributed by atoms with Gasteiger partial charge in [0.1, 0.15) is 5.25 Å². The molecule has 7 heteroatoms. The molecule has 0 saturated heterocycles. The molecule has 1 amide bonds. The minimum absolute atomic E-state index is 0.00947. The topological polar surface area (TPSA) is 76.1 Å². The molecule has 0 fully saturated rings. The fourth-order valence-electron chi connectivity index (χ4n) is 2.51. The number of nitrogens with zero attached hydrogens (tertiary/aromatic N) is 1. The Balaban J connectivity index is 1.86. The van der Waals surface area contributed by atoms with Crippen molar-refractivity contribution in [3.63, 3.8) is 0 Å². The van der Waals surface area contributed by atoms with Crippen LogP contribution in [-0.4, -0.2) is 25.9 Å². The lowest BCUT2D eigenvalue weighted by atomic mass is 10.2. The van der Waals surface area contributed by atoms with E-state index >= 15 is 0 Å². The number of hydrogen-bond acceptors (Lipinski definition) is 5. The molecule has 0 bridgehead atoms. The number of aromatic nitrogens is 1. The zero-order valence-electron chi connectivity index (χ0n) is 14.1. The smallest absolute Gasteiger partial charge is 0.252 e. The largest absolute Gasteiger partial charge is 0.350 e. The first-order valence-corrected chi connectivity index (χ1v) is 10.4. The van der Waals surface area contributed by atoms with Crippen molar-refractivity contribution in [3.8, 4) is 0 Å². The van der Waals surface area contributed by atoms with Gasteiger partial charge in [-0.1, -0.05) is 23.8 Å². The number of sulfone groups is 1. The summed E-state index contributed by atoms with van der Waals surface area (Å²) in [7, 11) is -3.64. The van der Waals surface area contributed by atoms with Gasteiger partial charge in [-0.15, -0.1) is 11.3 Å². The highest BCUT2D eigenvalue weighted by Crippen LogP contribution is 2.31. The van der Waals surface area contributed by atoms with E-state index in [4.69, 9.17) is 0 Å². The van der Waals surface area contributed by atoms with Crippen molar-refractivity contribution >= 4 is 27.1 Å². The molecule has 0 aliphatic carbocycles. The molecular formula is C19H18N2O3S2. The monoisotopic (exact) mass is 386 g/mol. The highest BCUT2D eigenvalue weighted by atomic mass is 32.2. The van der Waals surface area contributed by atoms with Gasteiger partial charge in [0.15, 0.2) is 9.84 Å². The van der Waals surface area contributed by atoms with Crippen molar-refractivity contribution in [2.45, 2.75) is 17.1 Å². The number of rotatable bonds is 6. The maximum absolute atomic E-state index is 13.1. The molecule has 0 radical (unpaired) electrons. The maximum atomic E-state index is 13.1. The number of amides is 1. The lowest BCUT2D eigenvalue weighted by Crippen LogP contribution is -2.31. The third-order valence-corrected chi connectivity index (χ3v) is 7.19. The first-order chi connectivity index (χ1) is 12.5. The van der Waals surface area contributed by atoms with Gasteiger partial charge in [0.25, 0.3) is 5.91 Å². The number of benzene rings is 1. The third kappa shape index (κ3) is 4.00. The fourth-order valence-corrected chi connectivity index (χ4v) is 5.30. The molecule has 1 aromatic carbocycles. The second kappa shape index (κ2) is 7.80. The number of aryl methyl sites for hydroxylation is 1. The second-order valence-electron chi connectivity index (χ2n) is 5.81. The van der Waals surface area contributed by atoms with Crippen LogP contribution in [0.3, 0.4) is 0 Å². The van der Waals surface area contributed by atoms with Crippen LogP contribution in [0.2, 0.25) is 0 Å². The van der Waals surface area contributed by atoms with Crippen molar-refractivity contribution in [1.82, 2.24) is 10.3 Å². The van der Waals surface area contributed by atoms with Crippen LogP contribution in [-0.2, 0) is 9.84 Å². The van der Waals surface area contributed by atoms with E-state index < -0.39 is 15.1 Å². The zero-order valence-corrected chi connectivity index (χ0v) is 15.8. The normalized spacial score (nSPS) is 12.5. The van der Waals surface area contributed by atoms with Crippen molar-refractivity contribution in [2.24, 2.45) is 0 Å². The molecule has 0 aliphatic heterocycles. The first-order valence-electron chi connectivity index (χ1n) is 8.00. The van der Waals surface area contributed by atoms with Crippen LogP contribution in [0.25, 0.3) is 0 Å². The van der Waals surface area contributed by atoms with Gasteiger partial charge in [0.2, 0.25) is 0 Å². The van der Waals surface area contributed by atoms with Gasteiger partial charge in [0.05, 0.1) is 10.5 Å². The van der Waals surface area contributed by atoms with E-state index in [-0.39, 0.29) is 17.3 Å². The van der Waals surface area contributed by atoms with Crippen LogP contribution >= 0.6 is 11.3 Å². The highest BCUT2D eigenvalue weighted by Gasteiger charge is 2.30. The SMILES string of the molecule is Cc1ccc(S(=O)(=O)C(CNC(=O)c2cccnc2)c2cccs2)cc1. The number of thiophene rings is 1. The van der Waals surface area contributed by atoms with Gasteiger partial charge in [-0.25, -0.2) is 8.42 Å². The van der Waals surface area contributed by atoms with Gasteiger partial charge in [-0.05, 0) is 42.6 Å². The van der Waals surface area contributed by atoms with Crippen molar-refractivity contribution < 1.29 is 13.2 Å². The predicted molar refractivity (Wildman–Crippen MR) is 102 cm³/mol. The first kappa shape index (κ1) is 18.3. The van der Waals surface area contributed by atoms with E-state index in [9.17, 15) is 13.2 Å². The number of carbonyl (C=O) groups excluding carboxylic acids is 1. The van der Waals surface area contributed by atoms with E-state index in [0.29, 0.717) is 10.4 Å². The summed E-state index contributed by atoms with van der Waals surface area (Å²) in [6.07, 6.45) is 3.02. The van der Waals surface area contributed by atoms with E-state index in [1.807, 2.05) is 12.3 Å². The number of nitrogens with one attached hydrogen (secondary N) is 1. The molecule has 0 saturated carbocycles. The van der Waals surface area contributed by atoms with Crippen LogP contribution in [0.15, 0.2) is 71.2 Å². The van der Waals surface area contributed by atoms with Crippen molar-refractivity contribution in [3.05, 3.63) is 82.3 Å². The standard InChI is InChI=1S/C19H18N2O3S2/c1-14-6-8-16(9-7-14)26(23,24)18(17-5-3-11-25-17)13-21-19(22)15-4-2-10-20-12-15/h2-12,18H,13H2,1H3,(H,21,22). The average Bonchev–Trinajstić information content (AvgIpc) is 3.17. The van der Waals surface area contributed by atoms with Crippen LogP contribution in [0.1, 0.15) is 26.0 Å². The quantitative estimate of drug-likeness (QED) is 0.704. The maximum Gasteiger partial charge on any atom is 0.252 e. The molecule has 134 valence electrons. The Morgan fingerprint density at radius 2 is 1.92 bits per heavy atom. The summed E-state index contributed by atoms with van der Waals surface area (Å²) in [4.78, 5) is 17.1. The van der Waals surface area contributed by atoms with E-state index in [0.717, 1.165) is 5.56 Å². The minimum Gasteiger partial charge on any atom is -0.350 e. The third-order valence-electron chi connectivity index (χ3n) is 3.96. The molecular weight excluding hydrogens is 368 g/mol. The van der Waals surface area contributed by atoms with Crippen LogP contribution in [0, 0.1) is 6.92 Å². The summed E-state index contributed by atoms with van der Waals surface area (Å²) in [6.45, 7) is 1.89. The molecule has 2 aromatic heterocycles. The van der Waals surface area contributed by atoms with Gasteiger partial charge >= 0.3 is 0 Å². The van der Waals surface area contributed by atoms with Gasteiger partial charge in [0, 0.05) is 23.8 Å². The molecule has 1 unspecified atom stereocenters. The van der Waals surface area contributed by atoms with Crippen molar-refractivity contribution in [1.29, 1.82) is 0 Å². The van der Waals surface area contributed by atoms with Gasteiger partial charge in [-0.3, -0.25) is 9.78 Å². The lowest BCUT2D eigenvalue weighted by Gasteiger charge is -2.17. The number of carbonyl (C=O) groups is 1. The predicted octanol–water partition coefficient (Wildman–Crippen LogP) is 3.40. The average molecular weight is 386 g/mol. The van der Waals surface area contributed by atoms with E-state index in [1.54, 1.807) is 54.7 Å². The Morgan fingerprint density at radius 1 is 1.15 bits per heavy atom. The number of hydrogen-bond donors (Lipinski definition) is 1. The van der Waals surface area contributed by atoms with E-state index in [2.05, 4.69) is 10.3 Å². The Morgan fingerprint density at radius 3 is 2.54 bits per heavy atom. The molecule has 2 heterocycles. The summed E-state index contributed by atoms with van der Waals surface area (Å²) in [5.41, 5.74) is 1.38. The van der Waals surface area contributed by atoms with Crippen LogP contribution in [0.4, 0.5) is 0 Å². The molecule has 1 atom stereocenters. The Kier molecular flexibility index (Phi) is 5.49. The summed E-state index contributed by atoms with van der Waals surface area (Å²) < 4.78 is 26.3. The Hall–Kier alpha value is -2.51. The molecule has 3 rings (SSSR count). The molecule has 26 heavy (non-hydrogen) atoms. The molecule has 0 spiro atoms. The summed E-state index contributed by atoms with van der Waals surface area (Å²) in [6, 6.07) is 13.6. The minimum atomic E-state index is -3.64. The molecule has 0 aliphatic rings. The van der Waals surface area contributed by atoms with Gasteiger partial charge in [-0.2, -0.15) is 0 Å². The molecule has 5 nitrogen and oxygen atoms in total. The zero-order chi connectivity index (χ0) is 18.6. The highest BCUT2D eigenvalue weighted by molar-refractivity contribution is 7.91. The van der Waals surface area contributed by atoms with Gasteiger partial charge < -0.3 is 5.32 Å². The number of pyridine rings is 1. The Labute approximate surface area is 156 Å².